The van der Waals surface area contributed by atoms with Crippen LogP contribution >= 0.6 is 15.9 Å². The van der Waals surface area contributed by atoms with E-state index in [0.29, 0.717) is 13.0 Å². The molecule has 1 heterocycles. The standard InChI is InChI=1S/C25H24BrN3O2/c1-17(27-24(30)15-18-10-12-21(31-2)13-11-18)25-28-22-8-3-4-9-23(22)29(25)16-19-6-5-7-20(26)14-19/h3-14,17H,15-16H2,1-2H3,(H,27,30). The molecule has 31 heavy (non-hydrogen) atoms. The number of benzene rings is 3. The van der Waals surface area contributed by atoms with Gasteiger partial charge >= 0.3 is 0 Å². The normalized spacial score (nSPS) is 12.0. The fourth-order valence-electron chi connectivity index (χ4n) is 3.69. The Balaban J connectivity index is 1.56. The summed E-state index contributed by atoms with van der Waals surface area (Å²) < 4.78 is 8.39. The van der Waals surface area contributed by atoms with Crippen LogP contribution in [-0.2, 0) is 17.8 Å². The summed E-state index contributed by atoms with van der Waals surface area (Å²) in [5, 5.41) is 3.11. The summed E-state index contributed by atoms with van der Waals surface area (Å²) in [7, 11) is 1.63. The molecule has 0 fully saturated rings. The van der Waals surface area contributed by atoms with Crippen molar-refractivity contribution in [1.29, 1.82) is 0 Å². The van der Waals surface area contributed by atoms with Crippen LogP contribution in [0.15, 0.2) is 77.3 Å². The third-order valence-electron chi connectivity index (χ3n) is 5.20. The molecule has 0 saturated carbocycles. The maximum Gasteiger partial charge on any atom is 0.224 e. The zero-order chi connectivity index (χ0) is 21.8. The van der Waals surface area contributed by atoms with Crippen molar-refractivity contribution in [3.05, 3.63) is 94.2 Å². The van der Waals surface area contributed by atoms with E-state index in [1.165, 1.54) is 0 Å². The van der Waals surface area contributed by atoms with Crippen molar-refractivity contribution in [2.75, 3.05) is 7.11 Å². The van der Waals surface area contributed by atoms with Crippen LogP contribution in [0.5, 0.6) is 5.75 Å². The number of nitrogens with one attached hydrogen (secondary N) is 1. The molecule has 0 spiro atoms. The van der Waals surface area contributed by atoms with E-state index in [0.717, 1.165) is 38.2 Å². The highest BCUT2D eigenvalue weighted by Crippen LogP contribution is 2.23. The van der Waals surface area contributed by atoms with E-state index in [4.69, 9.17) is 9.72 Å². The Morgan fingerprint density at radius 2 is 1.84 bits per heavy atom. The molecule has 0 saturated heterocycles. The highest BCUT2D eigenvalue weighted by Gasteiger charge is 2.19. The minimum Gasteiger partial charge on any atom is -0.497 e. The van der Waals surface area contributed by atoms with Gasteiger partial charge in [0.25, 0.3) is 0 Å². The number of imidazole rings is 1. The minimum atomic E-state index is -0.231. The van der Waals surface area contributed by atoms with Crippen molar-refractivity contribution in [3.8, 4) is 5.75 Å². The van der Waals surface area contributed by atoms with Crippen molar-refractivity contribution in [2.24, 2.45) is 0 Å². The molecule has 5 nitrogen and oxygen atoms in total. The molecule has 3 aromatic carbocycles. The monoisotopic (exact) mass is 477 g/mol. The van der Waals surface area contributed by atoms with E-state index >= 15 is 0 Å². The molecular formula is C25H24BrN3O2. The second-order valence-corrected chi connectivity index (χ2v) is 8.40. The molecule has 0 bridgehead atoms. The number of rotatable bonds is 7. The molecule has 0 aliphatic rings. The molecule has 158 valence electrons. The average molecular weight is 478 g/mol. The summed E-state index contributed by atoms with van der Waals surface area (Å²) in [4.78, 5) is 17.5. The molecule has 0 aliphatic carbocycles. The summed E-state index contributed by atoms with van der Waals surface area (Å²) in [6, 6.07) is 23.6. The SMILES string of the molecule is COc1ccc(CC(=O)NC(C)c2nc3ccccc3n2Cc2cccc(Br)c2)cc1. The second kappa shape index (κ2) is 9.35. The number of nitrogens with zero attached hydrogens (tertiary/aromatic N) is 2. The van der Waals surface area contributed by atoms with Crippen molar-refractivity contribution in [3.63, 3.8) is 0 Å². The maximum absolute atomic E-state index is 12.7. The first-order valence-electron chi connectivity index (χ1n) is 10.2. The van der Waals surface area contributed by atoms with Gasteiger partial charge in [0.1, 0.15) is 11.6 Å². The number of carbonyl (C=O) groups excluding carboxylic acids is 1. The van der Waals surface area contributed by atoms with E-state index in [2.05, 4.69) is 44.0 Å². The molecule has 1 atom stereocenters. The zero-order valence-electron chi connectivity index (χ0n) is 17.5. The summed E-state index contributed by atoms with van der Waals surface area (Å²) in [6.45, 7) is 2.65. The van der Waals surface area contributed by atoms with E-state index in [-0.39, 0.29) is 11.9 Å². The van der Waals surface area contributed by atoms with Crippen molar-refractivity contribution in [1.82, 2.24) is 14.9 Å². The van der Waals surface area contributed by atoms with Gasteiger partial charge < -0.3 is 14.6 Å². The first kappa shape index (κ1) is 21.1. The van der Waals surface area contributed by atoms with Crippen LogP contribution in [0, 0.1) is 0 Å². The Kier molecular flexibility index (Phi) is 6.37. The molecule has 1 unspecified atom stereocenters. The van der Waals surface area contributed by atoms with Gasteiger partial charge in [-0.15, -0.1) is 0 Å². The number of carbonyl (C=O) groups is 1. The lowest BCUT2D eigenvalue weighted by molar-refractivity contribution is -0.121. The van der Waals surface area contributed by atoms with E-state index in [1.54, 1.807) is 7.11 Å². The first-order chi connectivity index (χ1) is 15.0. The number of methoxy groups -OCH3 is 1. The number of halogens is 1. The largest absolute Gasteiger partial charge is 0.497 e. The number of hydrogen-bond donors (Lipinski definition) is 1. The summed E-state index contributed by atoms with van der Waals surface area (Å²) in [5.41, 5.74) is 4.07. The van der Waals surface area contributed by atoms with Gasteiger partial charge in [-0.05, 0) is 54.4 Å². The molecule has 4 rings (SSSR count). The van der Waals surface area contributed by atoms with Crippen molar-refractivity contribution in [2.45, 2.75) is 25.9 Å². The highest BCUT2D eigenvalue weighted by atomic mass is 79.9. The predicted octanol–water partition coefficient (Wildman–Crippen LogP) is 5.28. The fraction of sp³-hybridized carbons (Fsp3) is 0.200. The molecule has 0 radical (unpaired) electrons. The average Bonchev–Trinajstić information content (AvgIpc) is 3.13. The number of amides is 1. The molecule has 6 heteroatoms. The second-order valence-electron chi connectivity index (χ2n) is 7.49. The van der Waals surface area contributed by atoms with Gasteiger partial charge in [-0.1, -0.05) is 52.3 Å². The number of hydrogen-bond acceptors (Lipinski definition) is 3. The van der Waals surface area contributed by atoms with Crippen molar-refractivity contribution >= 4 is 32.9 Å². The van der Waals surface area contributed by atoms with Gasteiger partial charge in [-0.25, -0.2) is 4.98 Å². The Morgan fingerprint density at radius 3 is 2.58 bits per heavy atom. The van der Waals surface area contributed by atoms with E-state index in [1.807, 2.05) is 61.5 Å². The Morgan fingerprint density at radius 1 is 1.06 bits per heavy atom. The third kappa shape index (κ3) is 4.97. The number of para-hydroxylation sites is 2. The van der Waals surface area contributed by atoms with Crippen LogP contribution < -0.4 is 10.1 Å². The minimum absolute atomic E-state index is 0.0428. The van der Waals surface area contributed by atoms with Gasteiger partial charge in [-0.3, -0.25) is 4.79 Å². The van der Waals surface area contributed by atoms with Crippen LogP contribution in [0.3, 0.4) is 0 Å². The topological polar surface area (TPSA) is 56.1 Å². The highest BCUT2D eigenvalue weighted by molar-refractivity contribution is 9.10. The molecular weight excluding hydrogens is 454 g/mol. The first-order valence-corrected chi connectivity index (χ1v) is 10.9. The molecule has 1 aromatic heterocycles. The number of aromatic nitrogens is 2. The van der Waals surface area contributed by atoms with Crippen LogP contribution in [0.1, 0.15) is 29.9 Å². The summed E-state index contributed by atoms with van der Waals surface area (Å²) >= 11 is 3.55. The molecule has 4 aromatic rings. The zero-order valence-corrected chi connectivity index (χ0v) is 19.1. The lowest BCUT2D eigenvalue weighted by Crippen LogP contribution is -2.30. The Bertz CT molecular complexity index is 1200. The van der Waals surface area contributed by atoms with Crippen LogP contribution in [0.25, 0.3) is 11.0 Å². The van der Waals surface area contributed by atoms with E-state index in [9.17, 15) is 4.79 Å². The van der Waals surface area contributed by atoms with E-state index < -0.39 is 0 Å². The lowest BCUT2D eigenvalue weighted by Gasteiger charge is -2.17. The van der Waals surface area contributed by atoms with Gasteiger partial charge in [0.15, 0.2) is 0 Å². The van der Waals surface area contributed by atoms with Gasteiger partial charge in [0, 0.05) is 11.0 Å². The van der Waals surface area contributed by atoms with Gasteiger partial charge in [-0.2, -0.15) is 0 Å². The predicted molar refractivity (Wildman–Crippen MR) is 126 cm³/mol. The molecule has 1 amide bonds. The van der Waals surface area contributed by atoms with Crippen LogP contribution in [0.4, 0.5) is 0 Å². The summed E-state index contributed by atoms with van der Waals surface area (Å²) in [5.74, 6) is 1.57. The van der Waals surface area contributed by atoms with Gasteiger partial charge in [0.2, 0.25) is 5.91 Å². The Labute approximate surface area is 190 Å². The molecule has 0 aliphatic heterocycles. The lowest BCUT2D eigenvalue weighted by atomic mass is 10.1. The Hall–Kier alpha value is -3.12. The smallest absolute Gasteiger partial charge is 0.224 e. The quantitative estimate of drug-likeness (QED) is 0.394. The maximum atomic E-state index is 12.7. The third-order valence-corrected chi connectivity index (χ3v) is 5.70. The van der Waals surface area contributed by atoms with Crippen molar-refractivity contribution < 1.29 is 9.53 Å². The summed E-state index contributed by atoms with van der Waals surface area (Å²) in [6.07, 6.45) is 0.306. The number of ether oxygens (including phenoxy) is 1. The van der Waals surface area contributed by atoms with Crippen LogP contribution in [-0.4, -0.2) is 22.6 Å². The fourth-order valence-corrected chi connectivity index (χ4v) is 4.14. The van der Waals surface area contributed by atoms with Crippen LogP contribution in [0.2, 0.25) is 0 Å². The van der Waals surface area contributed by atoms with Gasteiger partial charge in [0.05, 0.1) is 30.6 Å². The molecule has 1 N–H and O–H groups in total. The number of fused-ring (bicyclic) bond motifs is 1.